The second-order valence-electron chi connectivity index (χ2n) is 11.2. The summed E-state index contributed by atoms with van der Waals surface area (Å²) >= 11 is 0. The molecular weight excluding hydrogens is 442 g/mol. The molecule has 202 valence electrons. The Balaban J connectivity index is 1.97. The fourth-order valence-electron chi connectivity index (χ4n) is 6.55. The van der Waals surface area contributed by atoms with Crippen molar-refractivity contribution in [2.45, 2.75) is 142 Å². The molecule has 2 aliphatic rings. The number of esters is 1. The first-order chi connectivity index (χ1) is 16.9. The van der Waals surface area contributed by atoms with Gasteiger partial charge in [-0.2, -0.15) is 0 Å². The maximum absolute atomic E-state index is 12.4. The van der Waals surface area contributed by atoms with E-state index < -0.39 is 17.3 Å². The molecule has 2 unspecified atom stereocenters. The van der Waals surface area contributed by atoms with Crippen molar-refractivity contribution in [3.05, 3.63) is 0 Å². The van der Waals surface area contributed by atoms with Crippen LogP contribution in [0.4, 0.5) is 0 Å². The molecule has 1 aliphatic heterocycles. The van der Waals surface area contributed by atoms with Gasteiger partial charge in [-0.3, -0.25) is 14.4 Å². The average molecular weight is 494 g/mol. The molecule has 2 fully saturated rings. The van der Waals surface area contributed by atoms with Crippen LogP contribution in [-0.2, 0) is 19.1 Å². The lowest BCUT2D eigenvalue weighted by atomic mass is 9.67. The van der Waals surface area contributed by atoms with Crippen molar-refractivity contribution in [1.82, 2.24) is 0 Å². The molecule has 0 aromatic heterocycles. The molecule has 1 saturated heterocycles. The van der Waals surface area contributed by atoms with Crippen molar-refractivity contribution in [2.75, 3.05) is 0 Å². The van der Waals surface area contributed by atoms with Gasteiger partial charge >= 0.3 is 11.9 Å². The van der Waals surface area contributed by atoms with E-state index in [1.807, 2.05) is 0 Å². The lowest BCUT2D eigenvalue weighted by molar-refractivity contribution is -0.189. The van der Waals surface area contributed by atoms with Crippen LogP contribution in [0.3, 0.4) is 0 Å². The number of aliphatic carboxylic acids is 1. The third-order valence-electron chi connectivity index (χ3n) is 8.71. The molecule has 35 heavy (non-hydrogen) atoms. The second-order valence-corrected chi connectivity index (χ2v) is 11.2. The van der Waals surface area contributed by atoms with E-state index >= 15 is 0 Å². The minimum Gasteiger partial charge on any atom is -0.480 e. The number of ether oxygens (including phenoxy) is 1. The van der Waals surface area contributed by atoms with Gasteiger partial charge in [0.1, 0.15) is 11.5 Å². The molecule has 5 atom stereocenters. The molecule has 6 heteroatoms. The summed E-state index contributed by atoms with van der Waals surface area (Å²) in [6.07, 6.45) is 19.5. The highest BCUT2D eigenvalue weighted by Crippen LogP contribution is 2.51. The number of carbonyl (C=O) groups excluding carboxylic acids is 2. The highest BCUT2D eigenvalue weighted by molar-refractivity contribution is 6.01. The molecule has 1 aliphatic carbocycles. The Bertz CT molecular complexity index is 649. The molecule has 0 spiro atoms. The highest BCUT2D eigenvalue weighted by atomic mass is 16.6. The lowest BCUT2D eigenvalue weighted by Crippen LogP contribution is -2.51. The van der Waals surface area contributed by atoms with Gasteiger partial charge < -0.3 is 15.6 Å². The van der Waals surface area contributed by atoms with Gasteiger partial charge in [0.15, 0.2) is 0 Å². The summed E-state index contributed by atoms with van der Waals surface area (Å²) in [5, 5.41) is 10.1. The van der Waals surface area contributed by atoms with Gasteiger partial charge in [0.2, 0.25) is 5.91 Å². The van der Waals surface area contributed by atoms with E-state index in [1.54, 1.807) is 0 Å². The highest BCUT2D eigenvalue weighted by Gasteiger charge is 2.57. The number of amides is 1. The number of unbranched alkanes of at least 4 members (excludes halogenated alkanes) is 11. The molecule has 2 rings (SSSR count). The Morgan fingerprint density at radius 3 is 2.09 bits per heavy atom. The van der Waals surface area contributed by atoms with Crippen LogP contribution in [0.15, 0.2) is 0 Å². The Kier molecular flexibility index (Phi) is 13.1. The van der Waals surface area contributed by atoms with Crippen molar-refractivity contribution in [1.29, 1.82) is 0 Å². The first-order valence-corrected chi connectivity index (χ1v) is 14.6. The fourth-order valence-corrected chi connectivity index (χ4v) is 6.55. The quantitative estimate of drug-likeness (QED) is 0.110. The van der Waals surface area contributed by atoms with Crippen LogP contribution < -0.4 is 5.73 Å². The third kappa shape index (κ3) is 8.21. The van der Waals surface area contributed by atoms with E-state index in [0.29, 0.717) is 25.7 Å². The average Bonchev–Trinajstić information content (AvgIpc) is 3.28. The fraction of sp³-hybridized carbons (Fsp3) is 0.897. The summed E-state index contributed by atoms with van der Waals surface area (Å²) in [7, 11) is 0. The molecule has 1 saturated carbocycles. The topological polar surface area (TPSA) is 107 Å². The van der Waals surface area contributed by atoms with E-state index in [2.05, 4.69) is 13.8 Å². The number of rotatable bonds is 20. The Morgan fingerprint density at radius 1 is 0.971 bits per heavy atom. The van der Waals surface area contributed by atoms with Crippen molar-refractivity contribution in [3.8, 4) is 0 Å². The number of cyclic esters (lactones) is 1. The van der Waals surface area contributed by atoms with Gasteiger partial charge in [0.25, 0.3) is 0 Å². The summed E-state index contributed by atoms with van der Waals surface area (Å²) in [5.74, 6) is -2.20. The molecule has 0 radical (unpaired) electrons. The zero-order chi connectivity index (χ0) is 25.7. The summed E-state index contributed by atoms with van der Waals surface area (Å²) in [5.41, 5.74) is 4.24. The smallest absolute Gasteiger partial charge is 0.319 e. The molecule has 3 N–H and O–H groups in total. The van der Waals surface area contributed by atoms with E-state index in [-0.39, 0.29) is 29.8 Å². The SMILES string of the molecule is CCCCCCCCCCCC(C[C@@H]1OC(=O)[C@H]1CCCCCC)C1CCC[C@]1(C(N)=O)C(=O)O. The molecule has 1 heterocycles. The maximum atomic E-state index is 12.4. The molecule has 0 aromatic rings. The van der Waals surface area contributed by atoms with E-state index in [0.717, 1.165) is 44.9 Å². The van der Waals surface area contributed by atoms with Gasteiger partial charge in [0, 0.05) is 0 Å². The third-order valence-corrected chi connectivity index (χ3v) is 8.71. The van der Waals surface area contributed by atoms with Crippen LogP contribution >= 0.6 is 0 Å². The summed E-state index contributed by atoms with van der Waals surface area (Å²) in [6, 6.07) is 0. The number of carboxylic acid groups (broad SMARTS) is 1. The molecule has 0 aromatic carbocycles. The predicted octanol–water partition coefficient (Wildman–Crippen LogP) is 6.78. The summed E-state index contributed by atoms with van der Waals surface area (Å²) < 4.78 is 5.58. The largest absolute Gasteiger partial charge is 0.480 e. The number of primary amides is 1. The Morgan fingerprint density at radius 2 is 1.54 bits per heavy atom. The number of carboxylic acids is 1. The van der Waals surface area contributed by atoms with Crippen LogP contribution in [0.2, 0.25) is 0 Å². The van der Waals surface area contributed by atoms with Gasteiger partial charge in [-0.25, -0.2) is 0 Å². The summed E-state index contributed by atoms with van der Waals surface area (Å²) in [4.78, 5) is 36.9. The minimum atomic E-state index is -1.48. The van der Waals surface area contributed by atoms with Crippen LogP contribution in [0.1, 0.15) is 136 Å². The molecule has 0 bridgehead atoms. The number of hydrogen-bond donors (Lipinski definition) is 2. The Labute approximate surface area is 213 Å². The van der Waals surface area contributed by atoms with Crippen molar-refractivity contribution >= 4 is 17.8 Å². The van der Waals surface area contributed by atoms with Crippen LogP contribution in [0.25, 0.3) is 0 Å². The number of nitrogens with two attached hydrogens (primary N) is 1. The van der Waals surface area contributed by atoms with E-state index in [4.69, 9.17) is 10.5 Å². The first kappa shape index (κ1) is 29.6. The molecular formula is C29H51NO5. The van der Waals surface area contributed by atoms with Crippen LogP contribution in [0.5, 0.6) is 0 Å². The lowest BCUT2D eigenvalue weighted by Gasteiger charge is -2.41. The second kappa shape index (κ2) is 15.5. The van der Waals surface area contributed by atoms with Crippen molar-refractivity contribution < 1.29 is 24.2 Å². The standard InChI is InChI=1S/C29H51NO5/c1-3-5-7-9-10-11-12-13-14-17-22(24-19-16-20-29(24,27(30)32)28(33)34)21-25-23(26(31)35-25)18-15-8-6-4-2/h22-25H,3-21H2,1-2H3,(H2,30,32)(H,33,34)/t22?,23-,24?,25-,29-/m0/s1. The van der Waals surface area contributed by atoms with Crippen LogP contribution in [-0.4, -0.2) is 29.1 Å². The Hall–Kier alpha value is -1.59. The first-order valence-electron chi connectivity index (χ1n) is 14.6. The van der Waals surface area contributed by atoms with Crippen LogP contribution in [0, 0.1) is 23.2 Å². The summed E-state index contributed by atoms with van der Waals surface area (Å²) in [6.45, 7) is 4.41. The minimum absolute atomic E-state index is 0.0434. The zero-order valence-electron chi connectivity index (χ0n) is 22.4. The molecule has 6 nitrogen and oxygen atoms in total. The van der Waals surface area contributed by atoms with Gasteiger partial charge in [0.05, 0.1) is 5.92 Å². The zero-order valence-corrected chi connectivity index (χ0v) is 22.4. The van der Waals surface area contributed by atoms with Crippen molar-refractivity contribution in [3.63, 3.8) is 0 Å². The normalized spacial score (nSPS) is 26.8. The maximum Gasteiger partial charge on any atom is 0.319 e. The number of carbonyl (C=O) groups is 3. The number of hydrogen-bond acceptors (Lipinski definition) is 4. The monoisotopic (exact) mass is 493 g/mol. The van der Waals surface area contributed by atoms with E-state index in [1.165, 1.54) is 51.4 Å². The van der Waals surface area contributed by atoms with Crippen molar-refractivity contribution in [2.24, 2.45) is 28.9 Å². The van der Waals surface area contributed by atoms with E-state index in [9.17, 15) is 19.5 Å². The molecule has 1 amide bonds. The predicted molar refractivity (Wildman–Crippen MR) is 139 cm³/mol. The van der Waals surface area contributed by atoms with Gasteiger partial charge in [-0.15, -0.1) is 0 Å². The van der Waals surface area contributed by atoms with Gasteiger partial charge in [-0.1, -0.05) is 104 Å². The van der Waals surface area contributed by atoms with Gasteiger partial charge in [-0.05, 0) is 43.9 Å².